The molecule has 6 heteroatoms. The zero-order chi connectivity index (χ0) is 21.3. The third-order valence-electron chi connectivity index (χ3n) is 5.35. The van der Waals surface area contributed by atoms with Crippen LogP contribution >= 0.6 is 11.6 Å². The number of carbonyl (C=O) groups excluding carboxylic acids is 2. The van der Waals surface area contributed by atoms with Crippen LogP contribution in [0.25, 0.3) is 0 Å². The minimum absolute atomic E-state index is 0.195. The molecule has 30 heavy (non-hydrogen) atoms. The van der Waals surface area contributed by atoms with E-state index in [9.17, 15) is 14.7 Å². The lowest BCUT2D eigenvalue weighted by atomic mass is 9.88. The SMILES string of the molecule is COc1ccccc1C(=O)C[C@]1(O)C(=O)N(Cc2ccccc2Cl)c2ccccc21. The first-order valence-electron chi connectivity index (χ1n) is 9.49. The second kappa shape index (κ2) is 7.94. The lowest BCUT2D eigenvalue weighted by Crippen LogP contribution is -2.41. The Morgan fingerprint density at radius 2 is 1.70 bits per heavy atom. The molecule has 1 N–H and O–H groups in total. The van der Waals surface area contributed by atoms with Crippen molar-refractivity contribution < 1.29 is 19.4 Å². The molecule has 1 amide bonds. The average Bonchev–Trinajstić information content (AvgIpc) is 2.97. The molecule has 0 saturated carbocycles. The Morgan fingerprint density at radius 1 is 1.03 bits per heavy atom. The van der Waals surface area contributed by atoms with E-state index >= 15 is 0 Å². The molecule has 0 unspecified atom stereocenters. The number of rotatable bonds is 6. The number of para-hydroxylation sites is 2. The number of anilines is 1. The molecule has 0 spiro atoms. The van der Waals surface area contributed by atoms with Gasteiger partial charge in [-0.2, -0.15) is 0 Å². The van der Waals surface area contributed by atoms with Crippen LogP contribution in [-0.2, 0) is 16.9 Å². The van der Waals surface area contributed by atoms with Crippen molar-refractivity contribution in [1.29, 1.82) is 0 Å². The number of carbonyl (C=O) groups is 2. The standard InChI is InChI=1S/C24H20ClNO4/c1-30-22-13-7-3-9-17(22)21(27)14-24(29)18-10-4-6-12-20(18)26(23(24)28)15-16-8-2-5-11-19(16)25/h2-13,29H,14-15H2,1H3/t24-/m1/s1. The summed E-state index contributed by atoms with van der Waals surface area (Å²) >= 11 is 6.28. The van der Waals surface area contributed by atoms with Crippen LogP contribution in [0.4, 0.5) is 5.69 Å². The van der Waals surface area contributed by atoms with E-state index < -0.39 is 11.5 Å². The van der Waals surface area contributed by atoms with Gasteiger partial charge in [-0.15, -0.1) is 0 Å². The zero-order valence-corrected chi connectivity index (χ0v) is 17.1. The number of amides is 1. The maximum atomic E-state index is 13.4. The maximum Gasteiger partial charge on any atom is 0.264 e. The molecule has 3 aromatic rings. The third kappa shape index (κ3) is 3.36. The van der Waals surface area contributed by atoms with E-state index in [-0.39, 0.29) is 18.7 Å². The van der Waals surface area contributed by atoms with E-state index in [1.54, 1.807) is 54.6 Å². The number of aliphatic hydroxyl groups is 1. The number of ketones is 1. The van der Waals surface area contributed by atoms with Gasteiger partial charge < -0.3 is 14.7 Å². The van der Waals surface area contributed by atoms with E-state index in [1.165, 1.54) is 12.0 Å². The highest BCUT2D eigenvalue weighted by Crippen LogP contribution is 2.44. The van der Waals surface area contributed by atoms with Crippen LogP contribution in [0, 0.1) is 0 Å². The number of hydrogen-bond donors (Lipinski definition) is 1. The van der Waals surface area contributed by atoms with Crippen LogP contribution in [0.15, 0.2) is 72.8 Å². The molecule has 0 fully saturated rings. The molecule has 0 bridgehead atoms. The van der Waals surface area contributed by atoms with Crippen LogP contribution in [0.3, 0.4) is 0 Å². The summed E-state index contributed by atoms with van der Waals surface area (Å²) in [6.45, 7) is 0.195. The van der Waals surface area contributed by atoms with Gasteiger partial charge in [0.25, 0.3) is 5.91 Å². The fourth-order valence-electron chi connectivity index (χ4n) is 3.83. The first kappa shape index (κ1) is 20.1. The van der Waals surface area contributed by atoms with Gasteiger partial charge in [0, 0.05) is 10.6 Å². The number of ether oxygens (including phenoxy) is 1. The second-order valence-corrected chi connectivity index (χ2v) is 7.57. The summed E-state index contributed by atoms with van der Waals surface area (Å²) in [4.78, 5) is 27.9. The Kier molecular flexibility index (Phi) is 5.33. The lowest BCUT2D eigenvalue weighted by molar-refractivity contribution is -0.136. The molecule has 1 aliphatic heterocycles. The fraction of sp³-hybridized carbons (Fsp3) is 0.167. The highest BCUT2D eigenvalue weighted by Gasteiger charge is 2.51. The van der Waals surface area contributed by atoms with E-state index in [4.69, 9.17) is 16.3 Å². The third-order valence-corrected chi connectivity index (χ3v) is 5.72. The minimum atomic E-state index is -1.96. The molecule has 1 aliphatic rings. The summed E-state index contributed by atoms with van der Waals surface area (Å²) in [5, 5.41) is 12.0. The van der Waals surface area contributed by atoms with Crippen molar-refractivity contribution in [3.8, 4) is 5.75 Å². The molecule has 0 aromatic heterocycles. The van der Waals surface area contributed by atoms with Gasteiger partial charge in [0.15, 0.2) is 11.4 Å². The molecule has 1 atom stereocenters. The fourth-order valence-corrected chi connectivity index (χ4v) is 4.03. The summed E-state index contributed by atoms with van der Waals surface area (Å²) in [5.74, 6) is -0.526. The Bertz CT molecular complexity index is 1130. The largest absolute Gasteiger partial charge is 0.496 e. The van der Waals surface area contributed by atoms with E-state index in [0.717, 1.165) is 5.56 Å². The zero-order valence-electron chi connectivity index (χ0n) is 16.3. The van der Waals surface area contributed by atoms with Crippen LogP contribution in [0.2, 0.25) is 5.02 Å². The molecule has 5 nitrogen and oxygen atoms in total. The Morgan fingerprint density at radius 3 is 2.47 bits per heavy atom. The summed E-state index contributed by atoms with van der Waals surface area (Å²) in [7, 11) is 1.47. The topological polar surface area (TPSA) is 66.8 Å². The van der Waals surface area contributed by atoms with Gasteiger partial charge in [0.05, 0.1) is 31.3 Å². The quantitative estimate of drug-likeness (QED) is 0.601. The lowest BCUT2D eigenvalue weighted by Gasteiger charge is -2.23. The van der Waals surface area contributed by atoms with E-state index in [0.29, 0.717) is 27.6 Å². The van der Waals surface area contributed by atoms with Crippen LogP contribution in [0.1, 0.15) is 27.9 Å². The minimum Gasteiger partial charge on any atom is -0.496 e. The molecule has 152 valence electrons. The van der Waals surface area contributed by atoms with E-state index in [1.807, 2.05) is 18.2 Å². The molecular formula is C24H20ClNO4. The Balaban J connectivity index is 1.70. The Labute approximate surface area is 179 Å². The number of Topliss-reactive ketones (excluding diaryl/α,β-unsaturated/α-hetero) is 1. The van der Waals surface area contributed by atoms with Crippen molar-refractivity contribution in [2.45, 2.75) is 18.6 Å². The number of nitrogens with zero attached hydrogens (tertiary/aromatic N) is 1. The van der Waals surface area contributed by atoms with Crippen LogP contribution < -0.4 is 9.64 Å². The van der Waals surface area contributed by atoms with Gasteiger partial charge in [-0.25, -0.2) is 0 Å². The first-order valence-corrected chi connectivity index (χ1v) is 9.87. The smallest absolute Gasteiger partial charge is 0.264 e. The predicted molar refractivity (Wildman–Crippen MR) is 115 cm³/mol. The van der Waals surface area contributed by atoms with Crippen molar-refractivity contribution in [1.82, 2.24) is 0 Å². The van der Waals surface area contributed by atoms with Crippen molar-refractivity contribution in [3.05, 3.63) is 94.5 Å². The Hall–Kier alpha value is -3.15. The monoisotopic (exact) mass is 421 g/mol. The van der Waals surface area contributed by atoms with Gasteiger partial charge in [-0.1, -0.05) is 60.1 Å². The van der Waals surface area contributed by atoms with Crippen molar-refractivity contribution >= 4 is 29.0 Å². The van der Waals surface area contributed by atoms with Gasteiger partial charge in [0.2, 0.25) is 0 Å². The predicted octanol–water partition coefficient (Wildman–Crippen LogP) is 4.36. The van der Waals surface area contributed by atoms with Crippen LogP contribution in [0.5, 0.6) is 5.75 Å². The van der Waals surface area contributed by atoms with E-state index in [2.05, 4.69) is 0 Å². The highest BCUT2D eigenvalue weighted by atomic mass is 35.5. The average molecular weight is 422 g/mol. The summed E-state index contributed by atoms with van der Waals surface area (Å²) in [6.07, 6.45) is -0.387. The molecule has 3 aromatic carbocycles. The molecule has 1 heterocycles. The van der Waals surface area contributed by atoms with Gasteiger partial charge >= 0.3 is 0 Å². The molecule has 4 rings (SSSR count). The van der Waals surface area contributed by atoms with Crippen LogP contribution in [-0.4, -0.2) is 23.9 Å². The highest BCUT2D eigenvalue weighted by molar-refractivity contribution is 6.31. The maximum absolute atomic E-state index is 13.4. The van der Waals surface area contributed by atoms with Crippen molar-refractivity contribution in [3.63, 3.8) is 0 Å². The van der Waals surface area contributed by atoms with Gasteiger partial charge in [-0.3, -0.25) is 9.59 Å². The molecular weight excluding hydrogens is 402 g/mol. The molecule has 0 saturated heterocycles. The number of benzene rings is 3. The normalized spacial score (nSPS) is 17.7. The molecule has 0 radical (unpaired) electrons. The van der Waals surface area contributed by atoms with Gasteiger partial charge in [0.1, 0.15) is 5.75 Å². The number of methoxy groups -OCH3 is 1. The van der Waals surface area contributed by atoms with Gasteiger partial charge in [-0.05, 0) is 29.8 Å². The van der Waals surface area contributed by atoms with Crippen molar-refractivity contribution in [2.24, 2.45) is 0 Å². The number of hydrogen-bond acceptors (Lipinski definition) is 4. The molecule has 0 aliphatic carbocycles. The van der Waals surface area contributed by atoms with Crippen molar-refractivity contribution in [2.75, 3.05) is 12.0 Å². The first-order chi connectivity index (χ1) is 14.5. The summed E-state index contributed by atoms with van der Waals surface area (Å²) in [6, 6.07) is 21.0. The second-order valence-electron chi connectivity index (χ2n) is 7.16. The summed E-state index contributed by atoms with van der Waals surface area (Å²) in [5.41, 5.74) is 0.0874. The number of fused-ring (bicyclic) bond motifs is 1. The summed E-state index contributed by atoms with van der Waals surface area (Å²) < 4.78 is 5.26. The number of halogens is 1.